The van der Waals surface area contributed by atoms with Gasteiger partial charge < -0.3 is 19.3 Å². The summed E-state index contributed by atoms with van der Waals surface area (Å²) >= 11 is 8.72. The number of thioether (sulfide) groups is 1. The van der Waals surface area contributed by atoms with Crippen LogP contribution in [0.15, 0.2) is 74.5 Å². The van der Waals surface area contributed by atoms with Crippen molar-refractivity contribution in [3.05, 3.63) is 86.4 Å². The fourth-order valence-electron chi connectivity index (χ4n) is 4.12. The Hall–Kier alpha value is -2.26. The number of hydrogen-bond donors (Lipinski definition) is 1. The van der Waals surface area contributed by atoms with Gasteiger partial charge in [0.1, 0.15) is 5.75 Å². The number of halogens is 2. The number of aromatic hydroxyl groups is 1. The minimum atomic E-state index is -0.390. The molecule has 0 bridgehead atoms. The van der Waals surface area contributed by atoms with Crippen LogP contribution in [-0.4, -0.2) is 41.2 Å². The molecule has 0 fully saturated rings. The third kappa shape index (κ3) is 5.45. The Labute approximate surface area is 226 Å². The lowest BCUT2D eigenvalue weighted by Gasteiger charge is -2.15. The van der Waals surface area contributed by atoms with E-state index < -0.39 is 5.97 Å². The van der Waals surface area contributed by atoms with Crippen LogP contribution in [0.25, 0.3) is 16.6 Å². The summed E-state index contributed by atoms with van der Waals surface area (Å²) in [5, 5.41) is 11.8. The van der Waals surface area contributed by atoms with Crippen LogP contribution in [0.3, 0.4) is 0 Å². The van der Waals surface area contributed by atoms with Crippen LogP contribution in [0.2, 0.25) is 0 Å². The number of ether oxygens (including phenoxy) is 1. The van der Waals surface area contributed by atoms with Gasteiger partial charge in [-0.05, 0) is 79.4 Å². The number of hydrogen-bond acceptors (Lipinski definition) is 5. The van der Waals surface area contributed by atoms with E-state index in [-0.39, 0.29) is 12.4 Å². The Kier molecular flexibility index (Phi) is 8.27. The fourth-order valence-corrected chi connectivity index (χ4v) is 5.76. The van der Waals surface area contributed by atoms with Crippen molar-refractivity contribution in [2.75, 3.05) is 20.7 Å². The van der Waals surface area contributed by atoms with Gasteiger partial charge in [-0.2, -0.15) is 0 Å². The molecule has 0 aliphatic rings. The van der Waals surface area contributed by atoms with Gasteiger partial charge in [0, 0.05) is 44.0 Å². The molecule has 0 unspecified atom stereocenters. The predicted octanol–water partition coefficient (Wildman–Crippen LogP) is 7.39. The molecule has 1 aromatic heterocycles. The van der Waals surface area contributed by atoms with Crippen LogP contribution < -0.4 is 0 Å². The summed E-state index contributed by atoms with van der Waals surface area (Å²) in [5.74, 6) is 0.286. The zero-order valence-electron chi connectivity index (χ0n) is 19.7. The van der Waals surface area contributed by atoms with Gasteiger partial charge in [-0.15, -0.1) is 11.8 Å². The third-order valence-corrected chi connectivity index (χ3v) is 7.70. The summed E-state index contributed by atoms with van der Waals surface area (Å²) in [6.45, 7) is 2.53. The highest BCUT2D eigenvalue weighted by Crippen LogP contribution is 2.42. The lowest BCUT2D eigenvalue weighted by molar-refractivity contribution is 0.0527. The van der Waals surface area contributed by atoms with Crippen LogP contribution in [-0.2, 0) is 17.0 Å². The van der Waals surface area contributed by atoms with Crippen molar-refractivity contribution in [2.24, 2.45) is 0 Å². The molecular weight excluding hydrogens is 592 g/mol. The lowest BCUT2D eigenvalue weighted by atomic mass is 10.0. The quantitative estimate of drug-likeness (QED) is 0.165. The Morgan fingerprint density at radius 2 is 1.77 bits per heavy atom. The Morgan fingerprint density at radius 1 is 1.09 bits per heavy atom. The summed E-state index contributed by atoms with van der Waals surface area (Å²) in [6.07, 6.45) is 0. The Balaban J connectivity index is 2.07. The molecule has 0 radical (unpaired) electrons. The highest BCUT2D eigenvalue weighted by Gasteiger charge is 2.29. The van der Waals surface area contributed by atoms with E-state index >= 15 is 0 Å². The minimum absolute atomic E-state index is 0.131. The molecule has 0 atom stereocenters. The Bertz CT molecular complexity index is 1350. The number of esters is 1. The van der Waals surface area contributed by atoms with Crippen LogP contribution >= 0.6 is 43.6 Å². The maximum atomic E-state index is 13.5. The van der Waals surface area contributed by atoms with Crippen molar-refractivity contribution in [2.45, 2.75) is 24.1 Å². The molecule has 1 heterocycles. The van der Waals surface area contributed by atoms with Gasteiger partial charge in [0.15, 0.2) is 0 Å². The molecule has 0 aliphatic carbocycles. The van der Waals surface area contributed by atoms with Gasteiger partial charge in [0.25, 0.3) is 0 Å². The molecule has 8 heteroatoms. The zero-order chi connectivity index (χ0) is 25.1. The number of carbonyl (C=O) groups is 1. The molecule has 0 saturated carbocycles. The molecule has 0 spiro atoms. The second-order valence-corrected chi connectivity index (χ2v) is 11.1. The number of rotatable bonds is 8. The summed E-state index contributed by atoms with van der Waals surface area (Å²) in [7, 11) is 3.88. The van der Waals surface area contributed by atoms with E-state index in [1.54, 1.807) is 18.7 Å². The molecule has 3 aromatic carbocycles. The summed E-state index contributed by atoms with van der Waals surface area (Å²) in [6, 6.07) is 20.0. The van der Waals surface area contributed by atoms with Crippen LogP contribution in [0, 0.1) is 0 Å². The van der Waals surface area contributed by atoms with Crippen molar-refractivity contribution in [3.8, 4) is 11.4 Å². The van der Waals surface area contributed by atoms with Gasteiger partial charge in [-0.3, -0.25) is 0 Å². The SMILES string of the molecule is CCOC(=O)c1c(CSc2ccccc2)n(-c2ccc(Br)cc2)c2cc(Br)c(O)c(CN(C)C)c12. The summed E-state index contributed by atoms with van der Waals surface area (Å²) in [4.78, 5) is 16.5. The van der Waals surface area contributed by atoms with Crippen molar-refractivity contribution in [1.82, 2.24) is 9.47 Å². The van der Waals surface area contributed by atoms with E-state index in [0.29, 0.717) is 33.3 Å². The first-order chi connectivity index (χ1) is 16.8. The molecule has 1 N–H and O–H groups in total. The first kappa shape index (κ1) is 25.8. The smallest absolute Gasteiger partial charge is 0.340 e. The maximum Gasteiger partial charge on any atom is 0.340 e. The standard InChI is InChI=1S/C27H26Br2N2O3S/c1-4-34-27(33)25-23(16-35-19-8-6-5-7-9-19)31(18-12-10-17(28)11-13-18)22-14-21(29)26(32)20(24(22)25)15-30(2)3/h5-14,32H,4,15-16H2,1-3H3. The van der Waals surface area contributed by atoms with Gasteiger partial charge in [-0.25, -0.2) is 4.79 Å². The average molecular weight is 618 g/mol. The van der Waals surface area contributed by atoms with Gasteiger partial charge in [0.05, 0.1) is 22.2 Å². The highest BCUT2D eigenvalue weighted by atomic mass is 79.9. The molecule has 5 nitrogen and oxygen atoms in total. The number of benzene rings is 3. The topological polar surface area (TPSA) is 54.7 Å². The van der Waals surface area contributed by atoms with Gasteiger partial charge in [0.2, 0.25) is 0 Å². The molecule has 0 aliphatic heterocycles. The molecule has 182 valence electrons. The fraction of sp³-hybridized carbons (Fsp3) is 0.222. The highest BCUT2D eigenvalue weighted by molar-refractivity contribution is 9.10. The van der Waals surface area contributed by atoms with Gasteiger partial charge >= 0.3 is 5.97 Å². The first-order valence-corrected chi connectivity index (χ1v) is 13.7. The molecule has 0 amide bonds. The Morgan fingerprint density at radius 3 is 2.40 bits per heavy atom. The van der Waals surface area contributed by atoms with E-state index in [9.17, 15) is 9.90 Å². The maximum absolute atomic E-state index is 13.5. The van der Waals surface area contributed by atoms with E-state index in [1.165, 1.54) is 0 Å². The van der Waals surface area contributed by atoms with Crippen LogP contribution in [0.5, 0.6) is 5.75 Å². The van der Waals surface area contributed by atoms with E-state index in [4.69, 9.17) is 4.74 Å². The third-order valence-electron chi connectivity index (χ3n) is 5.54. The number of phenolic OH excluding ortho intramolecular Hbond substituents is 1. The molecular formula is C27H26Br2N2O3S. The van der Waals surface area contributed by atoms with Crippen molar-refractivity contribution < 1.29 is 14.6 Å². The van der Waals surface area contributed by atoms with Crippen LogP contribution in [0.1, 0.15) is 28.5 Å². The monoisotopic (exact) mass is 616 g/mol. The average Bonchev–Trinajstić information content (AvgIpc) is 3.15. The number of nitrogens with zero attached hydrogens (tertiary/aromatic N) is 2. The number of phenols is 1. The minimum Gasteiger partial charge on any atom is -0.506 e. The molecule has 35 heavy (non-hydrogen) atoms. The summed E-state index contributed by atoms with van der Waals surface area (Å²) < 4.78 is 9.20. The van der Waals surface area contributed by atoms with Crippen molar-refractivity contribution in [1.29, 1.82) is 0 Å². The first-order valence-electron chi connectivity index (χ1n) is 11.1. The lowest BCUT2D eigenvalue weighted by Crippen LogP contribution is -2.13. The van der Waals surface area contributed by atoms with Crippen molar-refractivity contribution in [3.63, 3.8) is 0 Å². The normalized spacial score (nSPS) is 11.4. The van der Waals surface area contributed by atoms with E-state index in [0.717, 1.165) is 26.3 Å². The number of carbonyl (C=O) groups excluding carboxylic acids is 1. The number of aromatic nitrogens is 1. The second-order valence-electron chi connectivity index (χ2n) is 8.27. The largest absolute Gasteiger partial charge is 0.506 e. The molecule has 0 saturated heterocycles. The predicted molar refractivity (Wildman–Crippen MR) is 150 cm³/mol. The molecule has 4 rings (SSSR count). The van der Waals surface area contributed by atoms with Gasteiger partial charge in [-0.1, -0.05) is 34.1 Å². The van der Waals surface area contributed by atoms with E-state index in [1.807, 2.05) is 67.5 Å². The second kappa shape index (κ2) is 11.2. The van der Waals surface area contributed by atoms with Crippen LogP contribution in [0.4, 0.5) is 0 Å². The van der Waals surface area contributed by atoms with Crippen molar-refractivity contribution >= 4 is 60.5 Å². The zero-order valence-corrected chi connectivity index (χ0v) is 23.7. The van der Waals surface area contributed by atoms with E-state index in [2.05, 4.69) is 48.6 Å². The molecule has 4 aromatic rings. The summed E-state index contributed by atoms with van der Waals surface area (Å²) in [5.41, 5.74) is 3.76. The number of fused-ring (bicyclic) bond motifs is 1.